The Bertz CT molecular complexity index is 956. The zero-order valence-electron chi connectivity index (χ0n) is 17.7. The Hall–Kier alpha value is -3.25. The van der Waals surface area contributed by atoms with Gasteiger partial charge in [0.1, 0.15) is 5.75 Å². The second-order valence-corrected chi connectivity index (χ2v) is 8.14. The summed E-state index contributed by atoms with van der Waals surface area (Å²) in [7, 11) is 3.22. The number of anilines is 1. The molecular formula is C25H26N2O3S. The summed E-state index contributed by atoms with van der Waals surface area (Å²) in [5.74, 6) is 0.586. The quantitative estimate of drug-likeness (QED) is 0.534. The van der Waals surface area contributed by atoms with E-state index in [4.69, 9.17) is 4.74 Å². The van der Waals surface area contributed by atoms with E-state index in [1.807, 2.05) is 36.4 Å². The van der Waals surface area contributed by atoms with Gasteiger partial charge in [0.25, 0.3) is 0 Å². The van der Waals surface area contributed by atoms with E-state index in [1.165, 1.54) is 4.90 Å². The van der Waals surface area contributed by atoms with Crippen molar-refractivity contribution in [3.05, 3.63) is 96.1 Å². The maximum absolute atomic E-state index is 12.7. The van der Waals surface area contributed by atoms with Gasteiger partial charge in [-0.1, -0.05) is 66.7 Å². The minimum absolute atomic E-state index is 0.0159. The van der Waals surface area contributed by atoms with Gasteiger partial charge in [-0.25, -0.2) is 0 Å². The molecule has 0 spiro atoms. The Morgan fingerprint density at radius 2 is 1.55 bits per heavy atom. The molecule has 0 saturated carbocycles. The summed E-state index contributed by atoms with van der Waals surface area (Å²) in [6.45, 7) is -0.0159. The van der Waals surface area contributed by atoms with Crippen LogP contribution >= 0.6 is 11.8 Å². The fourth-order valence-electron chi connectivity index (χ4n) is 3.11. The van der Waals surface area contributed by atoms with E-state index in [0.717, 1.165) is 11.1 Å². The molecule has 0 radical (unpaired) electrons. The highest BCUT2D eigenvalue weighted by Crippen LogP contribution is 2.35. The van der Waals surface area contributed by atoms with Crippen LogP contribution in [0.15, 0.2) is 84.9 Å². The first-order chi connectivity index (χ1) is 15.1. The van der Waals surface area contributed by atoms with Crippen molar-refractivity contribution in [2.75, 3.05) is 31.8 Å². The molecule has 3 aromatic rings. The first-order valence-corrected chi connectivity index (χ1v) is 11.0. The molecule has 0 atom stereocenters. The van der Waals surface area contributed by atoms with E-state index >= 15 is 0 Å². The Morgan fingerprint density at radius 1 is 0.935 bits per heavy atom. The third-order valence-corrected chi connectivity index (χ3v) is 6.03. The molecule has 2 amide bonds. The second-order valence-electron chi connectivity index (χ2n) is 7.04. The maximum Gasteiger partial charge on any atom is 0.243 e. The predicted octanol–water partition coefficient (Wildman–Crippen LogP) is 4.61. The SMILES string of the molecule is COc1cccc(NC(=O)CN(C)C(=O)CSC(c2ccccc2)c2ccccc2)c1. The molecule has 0 aromatic heterocycles. The van der Waals surface area contributed by atoms with Crippen LogP contribution in [0.2, 0.25) is 0 Å². The van der Waals surface area contributed by atoms with Crippen LogP contribution in [0.4, 0.5) is 5.69 Å². The molecule has 0 saturated heterocycles. The zero-order chi connectivity index (χ0) is 22.1. The number of carbonyl (C=O) groups is 2. The Kier molecular flexibility index (Phi) is 8.12. The normalized spacial score (nSPS) is 10.5. The number of benzene rings is 3. The van der Waals surface area contributed by atoms with Crippen molar-refractivity contribution < 1.29 is 14.3 Å². The molecule has 6 heteroatoms. The largest absolute Gasteiger partial charge is 0.497 e. The van der Waals surface area contributed by atoms with Crippen LogP contribution in [0, 0.1) is 0 Å². The summed E-state index contributed by atoms with van der Waals surface area (Å²) in [5.41, 5.74) is 2.92. The number of hydrogen-bond donors (Lipinski definition) is 1. The van der Waals surface area contributed by atoms with Gasteiger partial charge in [-0.15, -0.1) is 11.8 Å². The number of rotatable bonds is 9. The number of carbonyl (C=O) groups excluding carboxylic acids is 2. The van der Waals surface area contributed by atoms with Gasteiger partial charge < -0.3 is 15.0 Å². The number of ether oxygens (including phenoxy) is 1. The number of likely N-dealkylation sites (N-methyl/N-ethyl adjacent to an activating group) is 1. The molecule has 0 heterocycles. The fourth-order valence-corrected chi connectivity index (χ4v) is 4.34. The highest BCUT2D eigenvalue weighted by molar-refractivity contribution is 8.00. The van der Waals surface area contributed by atoms with Gasteiger partial charge >= 0.3 is 0 Å². The number of methoxy groups -OCH3 is 1. The first kappa shape index (κ1) is 22.4. The van der Waals surface area contributed by atoms with Crippen LogP contribution in [-0.2, 0) is 9.59 Å². The van der Waals surface area contributed by atoms with E-state index in [1.54, 1.807) is 50.2 Å². The highest BCUT2D eigenvalue weighted by Gasteiger charge is 2.19. The van der Waals surface area contributed by atoms with Crippen molar-refractivity contribution in [2.45, 2.75) is 5.25 Å². The lowest BCUT2D eigenvalue weighted by Crippen LogP contribution is -2.36. The third-order valence-electron chi connectivity index (χ3n) is 4.74. The lowest BCUT2D eigenvalue weighted by Gasteiger charge is -2.20. The highest BCUT2D eigenvalue weighted by atomic mass is 32.2. The van der Waals surface area contributed by atoms with Crippen LogP contribution in [0.5, 0.6) is 5.75 Å². The predicted molar refractivity (Wildman–Crippen MR) is 126 cm³/mol. The minimum atomic E-state index is -0.253. The van der Waals surface area contributed by atoms with Gasteiger partial charge in [-0.05, 0) is 23.3 Å². The molecule has 1 N–H and O–H groups in total. The first-order valence-electron chi connectivity index (χ1n) is 9.96. The molecule has 0 aliphatic rings. The second kappa shape index (κ2) is 11.2. The molecule has 3 rings (SSSR count). The van der Waals surface area contributed by atoms with Gasteiger partial charge in [0, 0.05) is 18.8 Å². The topological polar surface area (TPSA) is 58.6 Å². The molecule has 0 bridgehead atoms. The van der Waals surface area contributed by atoms with E-state index < -0.39 is 0 Å². The van der Waals surface area contributed by atoms with Gasteiger partial charge in [0.05, 0.1) is 24.7 Å². The molecular weight excluding hydrogens is 408 g/mol. The smallest absolute Gasteiger partial charge is 0.243 e. The zero-order valence-corrected chi connectivity index (χ0v) is 18.5. The van der Waals surface area contributed by atoms with Crippen LogP contribution in [0.3, 0.4) is 0 Å². The van der Waals surface area contributed by atoms with E-state index in [-0.39, 0.29) is 29.4 Å². The summed E-state index contributed by atoms with van der Waals surface area (Å²) in [6.07, 6.45) is 0. The van der Waals surface area contributed by atoms with Crippen molar-refractivity contribution >= 4 is 29.3 Å². The number of nitrogens with one attached hydrogen (secondary N) is 1. The summed E-state index contributed by atoms with van der Waals surface area (Å²) < 4.78 is 5.16. The molecule has 160 valence electrons. The number of thioether (sulfide) groups is 1. The van der Waals surface area contributed by atoms with Crippen LogP contribution in [0.1, 0.15) is 16.4 Å². The van der Waals surface area contributed by atoms with Crippen molar-refractivity contribution in [2.24, 2.45) is 0 Å². The Labute approximate surface area is 187 Å². The monoisotopic (exact) mass is 434 g/mol. The van der Waals surface area contributed by atoms with Crippen LogP contribution in [0.25, 0.3) is 0 Å². The van der Waals surface area contributed by atoms with Crippen LogP contribution in [-0.4, -0.2) is 43.2 Å². The number of hydrogen-bond acceptors (Lipinski definition) is 4. The van der Waals surface area contributed by atoms with Gasteiger partial charge in [-0.2, -0.15) is 0 Å². The summed E-state index contributed by atoms with van der Waals surface area (Å²) in [6, 6.07) is 27.4. The van der Waals surface area contributed by atoms with Crippen molar-refractivity contribution in [3.63, 3.8) is 0 Å². The average molecular weight is 435 g/mol. The molecule has 0 aliphatic heterocycles. The van der Waals surface area contributed by atoms with Crippen LogP contribution < -0.4 is 10.1 Å². The van der Waals surface area contributed by atoms with E-state index in [9.17, 15) is 9.59 Å². The minimum Gasteiger partial charge on any atom is -0.497 e. The molecule has 31 heavy (non-hydrogen) atoms. The van der Waals surface area contributed by atoms with Gasteiger partial charge in [-0.3, -0.25) is 9.59 Å². The Morgan fingerprint density at radius 3 is 2.13 bits per heavy atom. The molecule has 0 aliphatic carbocycles. The van der Waals surface area contributed by atoms with Crippen molar-refractivity contribution in [1.29, 1.82) is 0 Å². The van der Waals surface area contributed by atoms with E-state index in [2.05, 4.69) is 29.6 Å². The maximum atomic E-state index is 12.7. The summed E-state index contributed by atoms with van der Waals surface area (Å²) >= 11 is 1.56. The van der Waals surface area contributed by atoms with Crippen molar-refractivity contribution in [3.8, 4) is 5.75 Å². The molecule has 0 unspecified atom stereocenters. The van der Waals surface area contributed by atoms with E-state index in [0.29, 0.717) is 11.4 Å². The Balaban J connectivity index is 1.58. The summed E-state index contributed by atoms with van der Waals surface area (Å²) in [4.78, 5) is 26.5. The number of nitrogens with zero attached hydrogens (tertiary/aromatic N) is 1. The molecule has 5 nitrogen and oxygen atoms in total. The number of amides is 2. The molecule has 0 fully saturated rings. The lowest BCUT2D eigenvalue weighted by atomic mass is 10.0. The summed E-state index contributed by atoms with van der Waals surface area (Å²) in [5, 5.41) is 2.85. The third kappa shape index (κ3) is 6.62. The lowest BCUT2D eigenvalue weighted by molar-refractivity contribution is -0.131. The van der Waals surface area contributed by atoms with Gasteiger partial charge in [0.15, 0.2) is 0 Å². The molecule has 3 aromatic carbocycles. The average Bonchev–Trinajstić information content (AvgIpc) is 2.80. The standard InChI is InChI=1S/C25H26N2O3S/c1-27(17-23(28)26-21-14-9-15-22(16-21)30-2)24(29)18-31-25(19-10-5-3-6-11-19)20-12-7-4-8-13-20/h3-16,25H,17-18H2,1-2H3,(H,26,28). The van der Waals surface area contributed by atoms with Crippen molar-refractivity contribution in [1.82, 2.24) is 4.90 Å². The fraction of sp³-hybridized carbons (Fsp3) is 0.200. The van der Waals surface area contributed by atoms with Gasteiger partial charge in [0.2, 0.25) is 11.8 Å².